The van der Waals surface area contributed by atoms with E-state index in [0.717, 1.165) is 33.9 Å². The second-order valence-corrected chi connectivity index (χ2v) is 11.1. The number of aliphatic hydroxyl groups excluding tert-OH is 1. The van der Waals surface area contributed by atoms with Crippen LogP contribution in [0.5, 0.6) is 11.5 Å². The van der Waals surface area contributed by atoms with Crippen molar-refractivity contribution in [3.63, 3.8) is 0 Å². The van der Waals surface area contributed by atoms with Crippen LogP contribution in [0.25, 0.3) is 0 Å². The van der Waals surface area contributed by atoms with E-state index in [1.807, 2.05) is 48.5 Å². The highest BCUT2D eigenvalue weighted by atomic mass is 32.2. The first-order valence-electron chi connectivity index (χ1n) is 11.3. The molecule has 166 valence electrons. The molecule has 0 bridgehead atoms. The molecule has 4 nitrogen and oxygen atoms in total. The Balaban J connectivity index is 1.51. The van der Waals surface area contributed by atoms with Crippen LogP contribution in [0.2, 0.25) is 0 Å². The van der Waals surface area contributed by atoms with E-state index >= 15 is 0 Å². The summed E-state index contributed by atoms with van der Waals surface area (Å²) in [7, 11) is -2.56. The molecule has 0 heterocycles. The highest BCUT2D eigenvalue weighted by Crippen LogP contribution is 2.45. The van der Waals surface area contributed by atoms with Crippen LogP contribution in [0.15, 0.2) is 71.6 Å². The summed E-state index contributed by atoms with van der Waals surface area (Å²) >= 11 is 0. The molecule has 5 rings (SSSR count). The maximum Gasteiger partial charge on any atom is 0.151 e. The van der Waals surface area contributed by atoms with E-state index in [-0.39, 0.29) is 6.61 Å². The van der Waals surface area contributed by atoms with E-state index in [4.69, 9.17) is 4.74 Å². The summed E-state index contributed by atoms with van der Waals surface area (Å²) < 4.78 is 24.1. The molecule has 0 amide bonds. The predicted octanol–water partition coefficient (Wildman–Crippen LogP) is 5.84. The van der Waals surface area contributed by atoms with Gasteiger partial charge in [0.15, 0.2) is 5.75 Å². The molecule has 0 spiro atoms. The molecule has 2 aliphatic carbocycles. The van der Waals surface area contributed by atoms with Crippen molar-refractivity contribution < 1.29 is 14.1 Å². The second kappa shape index (κ2) is 8.64. The Morgan fingerprint density at radius 2 is 1.84 bits per heavy atom. The fraction of sp³-hybridized carbons (Fsp3) is 0.296. The van der Waals surface area contributed by atoms with Crippen molar-refractivity contribution in [1.29, 1.82) is 0 Å². The average Bonchev–Trinajstić information content (AvgIpc) is 3.69. The van der Waals surface area contributed by atoms with Crippen molar-refractivity contribution in [2.45, 2.75) is 49.8 Å². The number of ether oxygens (including phenoxy) is 1. The average molecular weight is 448 g/mol. The number of anilines is 1. The molecule has 2 N–H and O–H groups in total. The van der Waals surface area contributed by atoms with Gasteiger partial charge in [-0.3, -0.25) is 0 Å². The first-order chi connectivity index (χ1) is 15.6. The van der Waals surface area contributed by atoms with Gasteiger partial charge in [0.05, 0.1) is 20.3 Å². The fourth-order valence-electron chi connectivity index (χ4n) is 4.08. The third-order valence-corrected chi connectivity index (χ3v) is 8.74. The summed E-state index contributed by atoms with van der Waals surface area (Å²) in [4.78, 5) is 2.03. The van der Waals surface area contributed by atoms with Crippen LogP contribution in [0, 0.1) is 6.92 Å². The Bertz CT molecular complexity index is 1260. The van der Waals surface area contributed by atoms with Gasteiger partial charge in [-0.1, -0.05) is 42.0 Å². The molecule has 32 heavy (non-hydrogen) atoms. The van der Waals surface area contributed by atoms with Gasteiger partial charge in [-0.25, -0.2) is 4.21 Å². The van der Waals surface area contributed by atoms with Gasteiger partial charge in [-0.2, -0.15) is 0 Å². The Hall–Kier alpha value is -2.76. The quantitative estimate of drug-likeness (QED) is 0.427. The number of aryl methyl sites for hydroxylation is 1. The van der Waals surface area contributed by atoms with E-state index in [1.165, 1.54) is 24.0 Å². The lowest BCUT2D eigenvalue weighted by Gasteiger charge is -2.20. The summed E-state index contributed by atoms with van der Waals surface area (Å²) in [5.74, 6) is 1.86. The summed E-state index contributed by atoms with van der Waals surface area (Å²) in [6, 6.07) is 21.8. The Labute approximate surface area is 190 Å². The van der Waals surface area contributed by atoms with Crippen LogP contribution < -0.4 is 9.46 Å². The maximum atomic E-state index is 14.5. The number of hydrogen-bond acceptors (Lipinski definition) is 3. The van der Waals surface area contributed by atoms with E-state index in [2.05, 4.69) is 29.8 Å². The van der Waals surface area contributed by atoms with Gasteiger partial charge in [0.25, 0.3) is 0 Å². The van der Waals surface area contributed by atoms with E-state index in [1.54, 1.807) is 0 Å². The first kappa shape index (κ1) is 21.1. The number of aliphatic hydroxyl groups is 1. The molecule has 0 aliphatic heterocycles. The van der Waals surface area contributed by atoms with Gasteiger partial charge in [-0.05, 0) is 86.4 Å². The van der Waals surface area contributed by atoms with Gasteiger partial charge >= 0.3 is 0 Å². The predicted molar refractivity (Wildman–Crippen MR) is 131 cm³/mol. The molecule has 0 radical (unpaired) electrons. The highest BCUT2D eigenvalue weighted by Gasteiger charge is 2.33. The zero-order chi connectivity index (χ0) is 22.1. The van der Waals surface area contributed by atoms with Crippen molar-refractivity contribution in [3.05, 3.63) is 83.4 Å². The zero-order valence-electron chi connectivity index (χ0n) is 18.3. The molecule has 1 atom stereocenters. The van der Waals surface area contributed by atoms with Crippen molar-refractivity contribution >= 4 is 20.3 Å². The van der Waals surface area contributed by atoms with Gasteiger partial charge < -0.3 is 14.6 Å². The number of rotatable bonds is 8. The molecule has 5 heteroatoms. The SMILES string of the molecule is Cc1ccc(S(=O)(Nc2ccccc2Oc2cccc(CCO)c2)=C2CC2)c(C2CC2)c1. The topological polar surface area (TPSA) is 58.6 Å². The minimum atomic E-state index is -2.56. The minimum absolute atomic E-state index is 0.0994. The van der Waals surface area contributed by atoms with Gasteiger partial charge in [0, 0.05) is 11.5 Å². The van der Waals surface area contributed by atoms with Crippen molar-refractivity contribution in [2.75, 3.05) is 11.3 Å². The minimum Gasteiger partial charge on any atom is -0.455 e. The first-order valence-corrected chi connectivity index (χ1v) is 12.9. The lowest BCUT2D eigenvalue weighted by atomic mass is 10.1. The fourth-order valence-corrected chi connectivity index (χ4v) is 6.62. The van der Waals surface area contributed by atoms with E-state index < -0.39 is 9.71 Å². The van der Waals surface area contributed by atoms with Crippen LogP contribution >= 0.6 is 0 Å². The van der Waals surface area contributed by atoms with E-state index in [0.29, 0.717) is 23.8 Å². The molecular weight excluding hydrogens is 418 g/mol. The van der Waals surface area contributed by atoms with Crippen LogP contribution in [-0.4, -0.2) is 20.8 Å². The third kappa shape index (κ3) is 4.41. The summed E-state index contributed by atoms with van der Waals surface area (Å²) in [6.07, 6.45) is 4.73. The largest absolute Gasteiger partial charge is 0.455 e. The number of nitrogens with one attached hydrogen (secondary N) is 1. The maximum absolute atomic E-state index is 14.5. The second-order valence-electron chi connectivity index (χ2n) is 8.73. The lowest BCUT2D eigenvalue weighted by Crippen LogP contribution is -2.19. The summed E-state index contributed by atoms with van der Waals surface area (Å²) in [6.45, 7) is 2.20. The van der Waals surface area contributed by atoms with Crippen molar-refractivity contribution in [1.82, 2.24) is 0 Å². The molecule has 2 fully saturated rings. The van der Waals surface area contributed by atoms with Crippen molar-refractivity contribution in [3.8, 4) is 11.5 Å². The van der Waals surface area contributed by atoms with Crippen molar-refractivity contribution in [2.24, 2.45) is 0 Å². The van der Waals surface area contributed by atoms with Crippen LogP contribution in [0.3, 0.4) is 0 Å². The monoisotopic (exact) mass is 447 g/mol. The van der Waals surface area contributed by atoms with Crippen LogP contribution in [0.4, 0.5) is 5.69 Å². The molecule has 3 aromatic carbocycles. The molecule has 1 unspecified atom stereocenters. The summed E-state index contributed by atoms with van der Waals surface area (Å²) in [5, 5.41) is 9.24. The molecule has 2 saturated carbocycles. The standard InChI is InChI=1S/C27H29NO3S/c1-19-9-14-27(24(17-19)21-10-11-21)32(30,23-12-13-23)28-25-7-2-3-8-26(25)31-22-6-4-5-20(18-22)15-16-29/h2-9,14,17-18,21,29H,10-13,15-16H2,1H3,(H,28,30). The van der Waals surface area contributed by atoms with Gasteiger partial charge in [0.2, 0.25) is 0 Å². The highest BCUT2D eigenvalue weighted by molar-refractivity contribution is 8.04. The molecular formula is C27H29NO3S. The summed E-state index contributed by atoms with van der Waals surface area (Å²) in [5.41, 5.74) is 4.19. The Morgan fingerprint density at radius 3 is 2.59 bits per heavy atom. The Kier molecular flexibility index (Phi) is 5.70. The van der Waals surface area contributed by atoms with Gasteiger partial charge in [0.1, 0.15) is 5.75 Å². The number of para-hydroxylation sites is 2. The van der Waals surface area contributed by atoms with E-state index in [9.17, 15) is 9.32 Å². The molecule has 0 saturated heterocycles. The molecule has 0 aromatic heterocycles. The van der Waals surface area contributed by atoms with Gasteiger partial charge in [-0.15, -0.1) is 0 Å². The van der Waals surface area contributed by atoms with Crippen LogP contribution in [-0.2, 0) is 16.1 Å². The smallest absolute Gasteiger partial charge is 0.151 e. The number of hydrogen-bond donors (Lipinski definition) is 2. The zero-order valence-corrected chi connectivity index (χ0v) is 19.2. The normalized spacial score (nSPS) is 17.0. The molecule has 3 aromatic rings. The molecule has 2 aliphatic rings. The Morgan fingerprint density at radius 1 is 1.03 bits per heavy atom. The third-order valence-electron chi connectivity index (χ3n) is 6.02. The number of benzene rings is 3. The van der Waals surface area contributed by atoms with Crippen LogP contribution in [0.1, 0.15) is 48.3 Å². The lowest BCUT2D eigenvalue weighted by molar-refractivity contribution is 0.299.